The molecule has 174 valence electrons. The molecule has 1 atom stereocenters. The molecule has 2 N–H and O–H groups in total. The van der Waals surface area contributed by atoms with E-state index in [0.717, 1.165) is 18.4 Å². The Balaban J connectivity index is 1.69. The highest BCUT2D eigenvalue weighted by molar-refractivity contribution is 7.89. The average Bonchev–Trinajstić information content (AvgIpc) is 3.31. The van der Waals surface area contributed by atoms with Crippen LogP contribution in [-0.4, -0.2) is 44.9 Å². The number of hydrogen-bond donors (Lipinski definition) is 2. The van der Waals surface area contributed by atoms with Crippen molar-refractivity contribution in [2.75, 3.05) is 31.6 Å². The largest absolute Gasteiger partial charge is 0.492 e. The van der Waals surface area contributed by atoms with E-state index in [-0.39, 0.29) is 23.4 Å². The highest BCUT2D eigenvalue weighted by Crippen LogP contribution is 2.31. The van der Waals surface area contributed by atoms with E-state index in [2.05, 4.69) is 30.5 Å². The lowest BCUT2D eigenvalue weighted by molar-refractivity contribution is -0.120. The van der Waals surface area contributed by atoms with Crippen LogP contribution < -0.4 is 15.4 Å². The molecule has 0 saturated carbocycles. The van der Waals surface area contributed by atoms with Gasteiger partial charge in [-0.15, -0.1) is 0 Å². The third-order valence-corrected chi connectivity index (χ3v) is 7.71. The van der Waals surface area contributed by atoms with Crippen molar-refractivity contribution in [1.82, 2.24) is 9.62 Å². The van der Waals surface area contributed by atoms with Gasteiger partial charge in [0.2, 0.25) is 15.9 Å². The van der Waals surface area contributed by atoms with E-state index in [1.807, 2.05) is 26.0 Å². The van der Waals surface area contributed by atoms with E-state index in [0.29, 0.717) is 31.1 Å². The van der Waals surface area contributed by atoms with Crippen molar-refractivity contribution >= 4 is 21.6 Å². The van der Waals surface area contributed by atoms with Crippen LogP contribution in [0, 0.1) is 13.8 Å². The van der Waals surface area contributed by atoms with E-state index < -0.39 is 10.0 Å². The molecule has 0 bridgehead atoms. The number of rotatable bonds is 9. The molecule has 0 aromatic heterocycles. The van der Waals surface area contributed by atoms with Crippen LogP contribution in [0.3, 0.4) is 0 Å². The van der Waals surface area contributed by atoms with Crippen molar-refractivity contribution in [3.63, 3.8) is 0 Å². The van der Waals surface area contributed by atoms with Gasteiger partial charge in [-0.25, -0.2) is 8.42 Å². The summed E-state index contributed by atoms with van der Waals surface area (Å²) < 4.78 is 33.3. The zero-order valence-corrected chi connectivity index (χ0v) is 20.1. The Labute approximate surface area is 191 Å². The molecule has 1 saturated heterocycles. The number of hydrogen-bond acceptors (Lipinski definition) is 5. The first kappa shape index (κ1) is 24.1. The first-order chi connectivity index (χ1) is 15.2. The van der Waals surface area contributed by atoms with Crippen LogP contribution in [0.4, 0.5) is 5.69 Å². The van der Waals surface area contributed by atoms with E-state index in [1.54, 1.807) is 18.2 Å². The summed E-state index contributed by atoms with van der Waals surface area (Å²) in [6, 6.07) is 10.9. The summed E-state index contributed by atoms with van der Waals surface area (Å²) in [4.78, 5) is 12.6. The summed E-state index contributed by atoms with van der Waals surface area (Å²) >= 11 is 0. The Kier molecular flexibility index (Phi) is 7.79. The van der Waals surface area contributed by atoms with Gasteiger partial charge in [0, 0.05) is 18.8 Å². The number of carbonyl (C=O) groups is 1. The van der Waals surface area contributed by atoms with Gasteiger partial charge in [0.1, 0.15) is 10.6 Å². The molecule has 1 aliphatic heterocycles. The fraction of sp³-hybridized carbons (Fsp3) is 0.458. The zero-order valence-electron chi connectivity index (χ0n) is 19.3. The molecule has 2 aromatic carbocycles. The molecule has 0 aliphatic carbocycles. The summed E-state index contributed by atoms with van der Waals surface area (Å²) in [6.07, 6.45) is 1.72. The van der Waals surface area contributed by atoms with Crippen LogP contribution in [0.15, 0.2) is 41.3 Å². The van der Waals surface area contributed by atoms with Crippen LogP contribution in [0.1, 0.15) is 49.4 Å². The molecule has 0 spiro atoms. The SMILES string of the molecule is CCOc1ccc(NCC(=O)NC(C)c2ccc(C)c(C)c2)cc1S(=O)(=O)N1CCCC1. The maximum absolute atomic E-state index is 13.1. The summed E-state index contributed by atoms with van der Waals surface area (Å²) in [5.41, 5.74) is 3.99. The number of sulfonamides is 1. The molecule has 1 unspecified atom stereocenters. The first-order valence-electron chi connectivity index (χ1n) is 11.1. The molecule has 8 heteroatoms. The van der Waals surface area contributed by atoms with Gasteiger partial charge in [0.25, 0.3) is 0 Å². The molecule has 7 nitrogen and oxygen atoms in total. The highest BCUT2D eigenvalue weighted by Gasteiger charge is 2.30. The quantitative estimate of drug-likeness (QED) is 0.596. The molecule has 32 heavy (non-hydrogen) atoms. The van der Waals surface area contributed by atoms with Gasteiger partial charge in [0.15, 0.2) is 0 Å². The number of carbonyl (C=O) groups excluding carboxylic acids is 1. The average molecular weight is 460 g/mol. The maximum Gasteiger partial charge on any atom is 0.246 e. The molecule has 0 radical (unpaired) electrons. The van der Waals surface area contributed by atoms with Gasteiger partial charge in [-0.3, -0.25) is 4.79 Å². The third kappa shape index (κ3) is 5.61. The second-order valence-electron chi connectivity index (χ2n) is 8.19. The molecule has 1 fully saturated rings. The van der Waals surface area contributed by atoms with Crippen molar-refractivity contribution in [3.05, 3.63) is 53.1 Å². The zero-order chi connectivity index (χ0) is 23.3. The van der Waals surface area contributed by atoms with Gasteiger partial charge in [-0.1, -0.05) is 18.2 Å². The summed E-state index contributed by atoms with van der Waals surface area (Å²) in [5.74, 6) is 0.159. The topological polar surface area (TPSA) is 87.7 Å². The van der Waals surface area contributed by atoms with Crippen LogP contribution in [-0.2, 0) is 14.8 Å². The Morgan fingerprint density at radius 1 is 1.09 bits per heavy atom. The summed E-state index contributed by atoms with van der Waals surface area (Å²) in [6.45, 7) is 9.31. The fourth-order valence-electron chi connectivity index (χ4n) is 3.75. The van der Waals surface area contributed by atoms with Crippen LogP contribution in [0.5, 0.6) is 5.75 Å². The molecular formula is C24H33N3O4S. The third-order valence-electron chi connectivity index (χ3n) is 5.79. The lowest BCUT2D eigenvalue weighted by Crippen LogP contribution is -2.32. The normalized spacial score (nSPS) is 15.4. The van der Waals surface area contributed by atoms with Crippen molar-refractivity contribution in [3.8, 4) is 5.75 Å². The maximum atomic E-state index is 13.1. The lowest BCUT2D eigenvalue weighted by Gasteiger charge is -2.19. The number of aryl methyl sites for hydroxylation is 2. The summed E-state index contributed by atoms with van der Waals surface area (Å²) in [7, 11) is -3.65. The van der Waals surface area contributed by atoms with Gasteiger partial charge in [-0.05, 0) is 75.4 Å². The number of nitrogens with one attached hydrogen (secondary N) is 2. The minimum atomic E-state index is -3.65. The van der Waals surface area contributed by atoms with Crippen molar-refractivity contribution in [2.45, 2.75) is 51.5 Å². The van der Waals surface area contributed by atoms with Crippen molar-refractivity contribution in [2.24, 2.45) is 0 Å². The fourth-order valence-corrected chi connectivity index (χ4v) is 5.43. The van der Waals surface area contributed by atoms with E-state index >= 15 is 0 Å². The van der Waals surface area contributed by atoms with E-state index in [1.165, 1.54) is 15.4 Å². The second kappa shape index (κ2) is 10.4. The number of ether oxygens (including phenoxy) is 1. The highest BCUT2D eigenvalue weighted by atomic mass is 32.2. The molecular weight excluding hydrogens is 426 g/mol. The predicted octanol–water partition coefficient (Wildman–Crippen LogP) is 3.78. The minimum absolute atomic E-state index is 0.0341. The summed E-state index contributed by atoms with van der Waals surface area (Å²) in [5, 5.41) is 6.03. The van der Waals surface area contributed by atoms with Crippen molar-refractivity contribution < 1.29 is 17.9 Å². The minimum Gasteiger partial charge on any atom is -0.492 e. The lowest BCUT2D eigenvalue weighted by atomic mass is 10.0. The number of nitrogens with zero attached hydrogens (tertiary/aromatic N) is 1. The van der Waals surface area contributed by atoms with Crippen LogP contribution in [0.2, 0.25) is 0 Å². The second-order valence-corrected chi connectivity index (χ2v) is 10.1. The van der Waals surface area contributed by atoms with Crippen LogP contribution >= 0.6 is 0 Å². The van der Waals surface area contributed by atoms with Crippen molar-refractivity contribution in [1.29, 1.82) is 0 Å². The van der Waals surface area contributed by atoms with Gasteiger partial charge >= 0.3 is 0 Å². The molecule has 1 amide bonds. The van der Waals surface area contributed by atoms with Crippen LogP contribution in [0.25, 0.3) is 0 Å². The Hall–Kier alpha value is -2.58. The van der Waals surface area contributed by atoms with Gasteiger partial charge < -0.3 is 15.4 Å². The number of amides is 1. The monoisotopic (exact) mass is 459 g/mol. The smallest absolute Gasteiger partial charge is 0.246 e. The molecule has 3 rings (SSSR count). The first-order valence-corrected chi connectivity index (χ1v) is 12.5. The predicted molar refractivity (Wildman–Crippen MR) is 127 cm³/mol. The Bertz CT molecular complexity index is 1060. The van der Waals surface area contributed by atoms with Gasteiger partial charge in [-0.2, -0.15) is 4.31 Å². The standard InChI is InChI=1S/C24H33N3O4S/c1-5-31-22-11-10-21(15-23(22)32(29,30)27-12-6-7-13-27)25-16-24(28)26-19(4)20-9-8-17(2)18(3)14-20/h8-11,14-15,19,25H,5-7,12-13,16H2,1-4H3,(H,26,28). The molecule has 1 aliphatic rings. The van der Waals surface area contributed by atoms with E-state index in [9.17, 15) is 13.2 Å². The Morgan fingerprint density at radius 2 is 1.81 bits per heavy atom. The number of benzene rings is 2. The number of anilines is 1. The molecule has 1 heterocycles. The Morgan fingerprint density at radius 3 is 2.47 bits per heavy atom. The van der Waals surface area contributed by atoms with Gasteiger partial charge in [0.05, 0.1) is 19.2 Å². The molecule has 2 aromatic rings. The van der Waals surface area contributed by atoms with E-state index in [4.69, 9.17) is 4.74 Å².